The van der Waals surface area contributed by atoms with Gasteiger partial charge in [0.2, 0.25) is 0 Å². The van der Waals surface area contributed by atoms with E-state index >= 15 is 0 Å². The van der Waals surface area contributed by atoms with Crippen LogP contribution in [0.15, 0.2) is 18.2 Å². The van der Waals surface area contributed by atoms with E-state index in [0.717, 1.165) is 12.1 Å². The first kappa shape index (κ1) is 12.4. The minimum atomic E-state index is -0.832. The number of amides is 1. The predicted octanol–water partition coefficient (Wildman–Crippen LogP) is 3.17. The Morgan fingerprint density at radius 1 is 1.44 bits per heavy atom. The number of ether oxygens (including phenoxy) is 1. The lowest BCUT2D eigenvalue weighted by Crippen LogP contribution is -2.17. The van der Waals surface area contributed by atoms with Gasteiger partial charge in [-0.05, 0) is 18.1 Å². The lowest BCUT2D eigenvalue weighted by atomic mass is 10.2. The van der Waals surface area contributed by atoms with Crippen LogP contribution in [0.25, 0.3) is 0 Å². The molecule has 0 saturated carbocycles. The maximum absolute atomic E-state index is 13.1. The molecule has 0 saturated heterocycles. The molecular weight excluding hydrogens is 216 g/mol. The van der Waals surface area contributed by atoms with Gasteiger partial charge in [-0.25, -0.2) is 13.6 Å². The molecule has 0 aromatic heterocycles. The van der Waals surface area contributed by atoms with E-state index in [2.05, 4.69) is 5.32 Å². The monoisotopic (exact) mass is 229 g/mol. The predicted molar refractivity (Wildman–Crippen MR) is 56.2 cm³/mol. The molecule has 1 aromatic rings. The molecule has 0 bridgehead atoms. The van der Waals surface area contributed by atoms with Crippen molar-refractivity contribution >= 4 is 11.8 Å². The van der Waals surface area contributed by atoms with E-state index in [0.29, 0.717) is 6.07 Å². The van der Waals surface area contributed by atoms with Crippen molar-refractivity contribution in [3.63, 3.8) is 0 Å². The van der Waals surface area contributed by atoms with E-state index in [-0.39, 0.29) is 18.2 Å². The SMILES string of the molecule is CC(C)COC(=O)Nc1ccc(F)cc1F. The van der Waals surface area contributed by atoms with Crippen LogP contribution in [-0.2, 0) is 4.74 Å². The second-order valence-electron chi connectivity index (χ2n) is 3.74. The minimum absolute atomic E-state index is 0.102. The first-order chi connectivity index (χ1) is 7.49. The highest BCUT2D eigenvalue weighted by Gasteiger charge is 2.09. The maximum atomic E-state index is 13.1. The second kappa shape index (κ2) is 5.44. The second-order valence-corrected chi connectivity index (χ2v) is 3.74. The summed E-state index contributed by atoms with van der Waals surface area (Å²) in [7, 11) is 0. The minimum Gasteiger partial charge on any atom is -0.449 e. The number of carbonyl (C=O) groups is 1. The summed E-state index contributed by atoms with van der Waals surface area (Å²) in [6.45, 7) is 4.01. The molecule has 1 aromatic carbocycles. The third-order valence-electron chi connectivity index (χ3n) is 1.72. The molecule has 0 aliphatic rings. The van der Waals surface area contributed by atoms with Crippen molar-refractivity contribution in [2.24, 2.45) is 5.92 Å². The first-order valence-electron chi connectivity index (χ1n) is 4.88. The van der Waals surface area contributed by atoms with Gasteiger partial charge >= 0.3 is 6.09 Å². The largest absolute Gasteiger partial charge is 0.449 e. The van der Waals surface area contributed by atoms with Gasteiger partial charge in [0.1, 0.15) is 11.6 Å². The standard InChI is InChI=1S/C11H13F2NO2/c1-7(2)6-16-11(15)14-10-4-3-8(12)5-9(10)13/h3-5,7H,6H2,1-2H3,(H,14,15). The number of halogens is 2. The Balaban J connectivity index is 2.56. The van der Waals surface area contributed by atoms with Crippen LogP contribution in [0.3, 0.4) is 0 Å². The molecule has 0 radical (unpaired) electrons. The van der Waals surface area contributed by atoms with Gasteiger partial charge in [-0.3, -0.25) is 5.32 Å². The number of carbonyl (C=O) groups excluding carboxylic acids is 1. The van der Waals surface area contributed by atoms with E-state index in [4.69, 9.17) is 4.74 Å². The summed E-state index contributed by atoms with van der Waals surface area (Å²) >= 11 is 0. The smallest absolute Gasteiger partial charge is 0.411 e. The third kappa shape index (κ3) is 3.84. The van der Waals surface area contributed by atoms with Crippen LogP contribution in [0.4, 0.5) is 19.3 Å². The van der Waals surface area contributed by atoms with E-state index in [1.54, 1.807) is 0 Å². The lowest BCUT2D eigenvalue weighted by molar-refractivity contribution is 0.147. The average Bonchev–Trinajstić information content (AvgIpc) is 2.19. The molecule has 0 heterocycles. The van der Waals surface area contributed by atoms with E-state index < -0.39 is 17.7 Å². The molecule has 5 heteroatoms. The number of anilines is 1. The fraction of sp³-hybridized carbons (Fsp3) is 0.364. The zero-order valence-corrected chi connectivity index (χ0v) is 9.09. The molecule has 1 N–H and O–H groups in total. The fourth-order valence-corrected chi connectivity index (χ4v) is 0.979. The van der Waals surface area contributed by atoms with Crippen LogP contribution in [0.2, 0.25) is 0 Å². The Labute approximate surface area is 92.4 Å². The van der Waals surface area contributed by atoms with Crippen molar-refractivity contribution in [3.8, 4) is 0 Å². The number of rotatable bonds is 3. The Morgan fingerprint density at radius 3 is 2.69 bits per heavy atom. The molecule has 16 heavy (non-hydrogen) atoms. The maximum Gasteiger partial charge on any atom is 0.411 e. The zero-order chi connectivity index (χ0) is 12.1. The summed E-state index contributed by atoms with van der Waals surface area (Å²) in [5.74, 6) is -1.33. The number of nitrogens with one attached hydrogen (secondary N) is 1. The van der Waals surface area contributed by atoms with Crippen LogP contribution in [0, 0.1) is 17.6 Å². The summed E-state index contributed by atoms with van der Waals surface area (Å²) in [4.78, 5) is 11.2. The summed E-state index contributed by atoms with van der Waals surface area (Å²) in [6.07, 6.45) is -0.751. The molecule has 0 atom stereocenters. The van der Waals surface area contributed by atoms with E-state index in [1.807, 2.05) is 13.8 Å². The van der Waals surface area contributed by atoms with Crippen molar-refractivity contribution in [2.45, 2.75) is 13.8 Å². The van der Waals surface area contributed by atoms with Crippen molar-refractivity contribution in [2.75, 3.05) is 11.9 Å². The highest BCUT2D eigenvalue weighted by atomic mass is 19.1. The molecule has 88 valence electrons. The normalized spacial score (nSPS) is 10.3. The topological polar surface area (TPSA) is 38.3 Å². The molecule has 0 unspecified atom stereocenters. The van der Waals surface area contributed by atoms with Crippen LogP contribution >= 0.6 is 0 Å². The molecule has 0 fully saturated rings. The van der Waals surface area contributed by atoms with Gasteiger partial charge in [-0.2, -0.15) is 0 Å². The summed E-state index contributed by atoms with van der Waals surface area (Å²) < 4.78 is 30.4. The lowest BCUT2D eigenvalue weighted by Gasteiger charge is -2.09. The molecule has 1 rings (SSSR count). The Morgan fingerprint density at radius 2 is 2.12 bits per heavy atom. The van der Waals surface area contributed by atoms with Crippen LogP contribution in [-0.4, -0.2) is 12.7 Å². The Bertz CT molecular complexity index is 380. The number of hydrogen-bond acceptors (Lipinski definition) is 2. The Hall–Kier alpha value is -1.65. The van der Waals surface area contributed by atoms with E-state index in [1.165, 1.54) is 0 Å². The highest BCUT2D eigenvalue weighted by Crippen LogP contribution is 2.15. The summed E-state index contributed by atoms with van der Waals surface area (Å²) in [6, 6.07) is 2.89. The summed E-state index contributed by atoms with van der Waals surface area (Å²) in [5.41, 5.74) is -0.102. The number of benzene rings is 1. The van der Waals surface area contributed by atoms with Gasteiger partial charge in [0.25, 0.3) is 0 Å². The van der Waals surface area contributed by atoms with Crippen LogP contribution in [0.5, 0.6) is 0 Å². The molecule has 3 nitrogen and oxygen atoms in total. The first-order valence-corrected chi connectivity index (χ1v) is 4.88. The van der Waals surface area contributed by atoms with Gasteiger partial charge in [-0.15, -0.1) is 0 Å². The van der Waals surface area contributed by atoms with Gasteiger partial charge in [0.05, 0.1) is 12.3 Å². The van der Waals surface area contributed by atoms with E-state index in [9.17, 15) is 13.6 Å². The van der Waals surface area contributed by atoms with Crippen molar-refractivity contribution in [3.05, 3.63) is 29.8 Å². The third-order valence-corrected chi connectivity index (χ3v) is 1.72. The van der Waals surface area contributed by atoms with Gasteiger partial charge in [-0.1, -0.05) is 13.8 Å². The van der Waals surface area contributed by atoms with Crippen molar-refractivity contribution in [1.29, 1.82) is 0 Å². The molecule has 0 aliphatic heterocycles. The highest BCUT2D eigenvalue weighted by molar-refractivity contribution is 5.84. The van der Waals surface area contributed by atoms with Gasteiger partial charge in [0, 0.05) is 6.07 Å². The fourth-order valence-electron chi connectivity index (χ4n) is 0.979. The quantitative estimate of drug-likeness (QED) is 0.864. The number of hydrogen-bond donors (Lipinski definition) is 1. The molecule has 1 amide bonds. The average molecular weight is 229 g/mol. The van der Waals surface area contributed by atoms with Crippen molar-refractivity contribution in [1.82, 2.24) is 0 Å². The zero-order valence-electron chi connectivity index (χ0n) is 9.09. The Kier molecular flexibility index (Phi) is 4.22. The van der Waals surface area contributed by atoms with Crippen LogP contribution < -0.4 is 5.32 Å². The molecular formula is C11H13F2NO2. The molecule has 0 aliphatic carbocycles. The molecule has 0 spiro atoms. The van der Waals surface area contributed by atoms with Gasteiger partial charge in [0.15, 0.2) is 0 Å². The van der Waals surface area contributed by atoms with Crippen molar-refractivity contribution < 1.29 is 18.3 Å². The van der Waals surface area contributed by atoms with Gasteiger partial charge < -0.3 is 4.74 Å². The summed E-state index contributed by atoms with van der Waals surface area (Å²) in [5, 5.41) is 2.19. The van der Waals surface area contributed by atoms with Crippen LogP contribution in [0.1, 0.15) is 13.8 Å².